The number of esters is 1. The van der Waals surface area contributed by atoms with Gasteiger partial charge in [-0.15, -0.1) is 11.3 Å². The van der Waals surface area contributed by atoms with Gasteiger partial charge in [0.15, 0.2) is 6.54 Å². The Hall–Kier alpha value is -2.98. The Morgan fingerprint density at radius 3 is 2.48 bits per heavy atom. The van der Waals surface area contributed by atoms with Crippen LogP contribution in [0.1, 0.15) is 32.5 Å². The molecule has 156 valence electrons. The maximum atomic E-state index is 13.0. The normalized spacial score (nSPS) is 11.6. The molecule has 0 aliphatic rings. The van der Waals surface area contributed by atoms with Gasteiger partial charge in [-0.3, -0.25) is 9.59 Å². The number of hydrogen-bond acceptors (Lipinski definition) is 6. The third-order valence-electron chi connectivity index (χ3n) is 4.02. The molecule has 0 radical (unpaired) electrons. The Morgan fingerprint density at radius 2 is 1.90 bits per heavy atom. The molecule has 2 amide bonds. The zero-order chi connectivity index (χ0) is 21.6. The van der Waals surface area contributed by atoms with Gasteiger partial charge in [-0.2, -0.15) is 0 Å². The fourth-order valence-electron chi connectivity index (χ4n) is 2.75. The lowest BCUT2D eigenvalue weighted by Crippen LogP contribution is -3.08. The predicted molar refractivity (Wildman–Crippen MR) is 109 cm³/mol. The first-order valence-corrected chi connectivity index (χ1v) is 9.75. The van der Waals surface area contributed by atoms with Crippen LogP contribution in [0, 0.1) is 5.82 Å². The highest BCUT2D eigenvalue weighted by Gasteiger charge is 2.29. The monoisotopic (exact) mass is 423 g/mol. The van der Waals surface area contributed by atoms with E-state index in [-0.39, 0.29) is 42.1 Å². The number of rotatable bonds is 8. The average Bonchev–Trinajstić information content (AvgIpc) is 2.98. The summed E-state index contributed by atoms with van der Waals surface area (Å²) in [5, 5.41) is 5.40. The molecule has 1 unspecified atom stereocenters. The van der Waals surface area contributed by atoms with Crippen LogP contribution in [0.4, 0.5) is 15.1 Å². The van der Waals surface area contributed by atoms with Crippen molar-refractivity contribution in [3.8, 4) is 0 Å². The van der Waals surface area contributed by atoms with Gasteiger partial charge in [0.25, 0.3) is 11.8 Å². The van der Waals surface area contributed by atoms with E-state index >= 15 is 0 Å². The Bertz CT molecular complexity index is 898. The molecule has 0 bridgehead atoms. The molecule has 0 aliphatic heterocycles. The van der Waals surface area contributed by atoms with Crippen LogP contribution in [0.25, 0.3) is 0 Å². The van der Waals surface area contributed by atoms with Gasteiger partial charge >= 0.3 is 5.97 Å². The van der Waals surface area contributed by atoms with Crippen molar-refractivity contribution in [1.29, 1.82) is 0 Å². The van der Waals surface area contributed by atoms with Crippen molar-refractivity contribution in [2.24, 2.45) is 0 Å². The topological polar surface area (TPSA) is 115 Å². The summed E-state index contributed by atoms with van der Waals surface area (Å²) in [6.07, 6.45) is 0. The number of nitrogens with two attached hydrogens (primary N) is 1. The summed E-state index contributed by atoms with van der Waals surface area (Å²) in [6, 6.07) is 5.43. The molecule has 1 aromatic heterocycles. The van der Waals surface area contributed by atoms with Crippen molar-refractivity contribution in [2.45, 2.75) is 13.5 Å². The number of hydrogen-bond donors (Lipinski definition) is 4. The highest BCUT2D eigenvalue weighted by atomic mass is 32.1. The van der Waals surface area contributed by atoms with Crippen molar-refractivity contribution >= 4 is 39.8 Å². The van der Waals surface area contributed by atoms with E-state index in [1.807, 2.05) is 0 Å². The quantitative estimate of drug-likeness (QED) is 0.466. The first kappa shape index (κ1) is 22.3. The van der Waals surface area contributed by atoms with E-state index in [0.29, 0.717) is 16.1 Å². The molecule has 0 spiro atoms. The number of thiophene rings is 1. The first-order valence-electron chi connectivity index (χ1n) is 8.93. The van der Waals surface area contributed by atoms with Gasteiger partial charge in [0, 0.05) is 18.3 Å². The second-order valence-corrected chi connectivity index (χ2v) is 7.37. The van der Waals surface area contributed by atoms with Crippen LogP contribution in [-0.2, 0) is 16.1 Å². The minimum absolute atomic E-state index is 0.0581. The molecule has 1 aromatic carbocycles. The summed E-state index contributed by atoms with van der Waals surface area (Å²) in [4.78, 5) is 37.9. The van der Waals surface area contributed by atoms with Crippen molar-refractivity contribution in [1.82, 2.24) is 5.32 Å². The van der Waals surface area contributed by atoms with E-state index in [2.05, 4.69) is 10.6 Å². The largest absolute Gasteiger partial charge is 0.462 e. The maximum absolute atomic E-state index is 13.0. The molecule has 0 aliphatic carbocycles. The number of quaternary nitrogens is 1. The third kappa shape index (κ3) is 5.75. The van der Waals surface area contributed by atoms with Gasteiger partial charge in [0.2, 0.25) is 0 Å². The average molecular weight is 423 g/mol. The number of nitrogens with one attached hydrogen (secondary N) is 3. The lowest BCUT2D eigenvalue weighted by atomic mass is 10.1. The van der Waals surface area contributed by atoms with Gasteiger partial charge < -0.3 is 26.0 Å². The fourth-order valence-corrected chi connectivity index (χ4v) is 3.77. The molecule has 0 saturated carbocycles. The lowest BCUT2D eigenvalue weighted by molar-refractivity contribution is -0.885. The molecule has 0 saturated heterocycles. The molecule has 1 heterocycles. The van der Waals surface area contributed by atoms with E-state index in [9.17, 15) is 18.8 Å². The molecular weight excluding hydrogens is 399 g/mol. The summed E-state index contributed by atoms with van der Waals surface area (Å²) < 4.78 is 18.0. The van der Waals surface area contributed by atoms with E-state index in [4.69, 9.17) is 10.5 Å². The van der Waals surface area contributed by atoms with Gasteiger partial charge in [0.05, 0.1) is 13.7 Å². The fraction of sp³-hybridized carbons (Fsp3) is 0.316. The van der Waals surface area contributed by atoms with Crippen LogP contribution in [-0.4, -0.2) is 45.0 Å². The number of carbonyl (C=O) groups is 3. The van der Waals surface area contributed by atoms with Crippen LogP contribution >= 0.6 is 11.3 Å². The zero-order valence-electron chi connectivity index (χ0n) is 16.4. The Labute approximate surface area is 171 Å². The summed E-state index contributed by atoms with van der Waals surface area (Å²) in [5.74, 6) is -1.66. The summed E-state index contributed by atoms with van der Waals surface area (Å²) in [7, 11) is 3.24. The number of likely N-dealkylation sites (N-methyl/N-ethyl adjacent to an activating group) is 1. The molecule has 29 heavy (non-hydrogen) atoms. The molecular formula is C19H24FN4O4S+. The number of carbonyl (C=O) groups excluding carboxylic acids is 3. The standard InChI is InChI=1S/C19H23FN4O4S/c1-4-28-19(27)15-13(16(18(26)22-2)29-17(15)21)9-24(3)10-14(25)23-12-7-5-11(20)6-8-12/h5-8H,4,9-10,21H2,1-3H3,(H,22,26)(H,23,25)/p+1. The molecule has 5 N–H and O–H groups in total. The van der Waals surface area contributed by atoms with Crippen LogP contribution in [0.5, 0.6) is 0 Å². The molecule has 2 rings (SSSR count). The summed E-state index contributed by atoms with van der Waals surface area (Å²) in [6.45, 7) is 2.12. The zero-order valence-corrected chi connectivity index (χ0v) is 17.2. The highest BCUT2D eigenvalue weighted by Crippen LogP contribution is 2.31. The Kier molecular flexibility index (Phi) is 7.68. The lowest BCUT2D eigenvalue weighted by Gasteiger charge is -2.15. The molecule has 10 heteroatoms. The number of halogens is 1. The van der Waals surface area contributed by atoms with E-state index in [0.717, 1.165) is 16.2 Å². The molecule has 0 fully saturated rings. The summed E-state index contributed by atoms with van der Waals surface area (Å²) >= 11 is 1.01. The van der Waals surface area contributed by atoms with Crippen molar-refractivity contribution < 1.29 is 28.4 Å². The number of amides is 2. The van der Waals surface area contributed by atoms with E-state index < -0.39 is 11.8 Å². The second kappa shape index (κ2) is 9.99. The smallest absolute Gasteiger partial charge is 0.341 e. The van der Waals surface area contributed by atoms with Crippen molar-refractivity contribution in [3.05, 3.63) is 46.1 Å². The van der Waals surface area contributed by atoms with Crippen LogP contribution in [0.2, 0.25) is 0 Å². The maximum Gasteiger partial charge on any atom is 0.341 e. The molecule has 2 aromatic rings. The number of anilines is 2. The number of benzene rings is 1. The Balaban J connectivity index is 2.17. The molecule has 8 nitrogen and oxygen atoms in total. The number of nitrogen functional groups attached to an aromatic ring is 1. The summed E-state index contributed by atoms with van der Waals surface area (Å²) in [5.41, 5.74) is 7.05. The predicted octanol–water partition coefficient (Wildman–Crippen LogP) is 0.659. The third-order valence-corrected chi connectivity index (χ3v) is 5.08. The van der Waals surface area contributed by atoms with Gasteiger partial charge in [-0.1, -0.05) is 0 Å². The van der Waals surface area contributed by atoms with Crippen LogP contribution in [0.15, 0.2) is 24.3 Å². The van der Waals surface area contributed by atoms with Crippen LogP contribution in [0.3, 0.4) is 0 Å². The first-order chi connectivity index (χ1) is 13.8. The Morgan fingerprint density at radius 1 is 1.24 bits per heavy atom. The molecule has 1 atom stereocenters. The van der Waals surface area contributed by atoms with Gasteiger partial charge in [-0.25, -0.2) is 9.18 Å². The van der Waals surface area contributed by atoms with Crippen molar-refractivity contribution in [2.75, 3.05) is 38.3 Å². The van der Waals surface area contributed by atoms with E-state index in [1.54, 1.807) is 14.0 Å². The van der Waals surface area contributed by atoms with Gasteiger partial charge in [0.1, 0.15) is 27.8 Å². The number of ether oxygens (including phenoxy) is 1. The van der Waals surface area contributed by atoms with E-state index in [1.165, 1.54) is 31.3 Å². The highest BCUT2D eigenvalue weighted by molar-refractivity contribution is 7.18. The SMILES string of the molecule is CCOC(=O)c1c(N)sc(C(=O)NC)c1C[NH+](C)CC(=O)Nc1ccc(F)cc1. The van der Waals surface area contributed by atoms with Gasteiger partial charge in [-0.05, 0) is 31.2 Å². The second-order valence-electron chi connectivity index (χ2n) is 6.31. The van der Waals surface area contributed by atoms with Crippen molar-refractivity contribution in [3.63, 3.8) is 0 Å². The van der Waals surface area contributed by atoms with Crippen LogP contribution < -0.4 is 21.3 Å². The minimum Gasteiger partial charge on any atom is -0.462 e. The minimum atomic E-state index is -0.602.